The van der Waals surface area contributed by atoms with Gasteiger partial charge in [-0.3, -0.25) is 4.79 Å². The van der Waals surface area contributed by atoms with Crippen LogP contribution in [0.15, 0.2) is 60.0 Å². The largest absolute Gasteiger partial charge is 0.320 e. The molecule has 0 radical (unpaired) electrons. The second kappa shape index (κ2) is 14.7. The van der Waals surface area contributed by atoms with E-state index in [9.17, 15) is 13.6 Å². The number of piperidine rings is 1. The van der Waals surface area contributed by atoms with Crippen molar-refractivity contribution in [3.8, 4) is 0 Å². The third kappa shape index (κ3) is 8.67. The number of para-hydroxylation sites is 1. The summed E-state index contributed by atoms with van der Waals surface area (Å²) in [5, 5.41) is 5.79. The first-order valence-electron chi connectivity index (χ1n) is 14.2. The first kappa shape index (κ1) is 30.9. The number of aromatic nitrogens is 1. The Morgan fingerprint density at radius 3 is 2.62 bits per heavy atom. The number of anilines is 1. The minimum absolute atomic E-state index is 0.182. The molecule has 4 nitrogen and oxygen atoms in total. The van der Waals surface area contributed by atoms with Crippen LogP contribution in [0.25, 0.3) is 5.57 Å². The zero-order chi connectivity index (χ0) is 28.4. The number of allylic oxidation sites excluding steroid dienone is 5. The molecule has 2 heterocycles. The highest BCUT2D eigenvalue weighted by Gasteiger charge is 2.27. The first-order chi connectivity index (χ1) is 18.7. The number of thiazole rings is 1. The highest BCUT2D eigenvalue weighted by molar-refractivity contribution is 7.10. The number of unbranched alkanes of at least 4 members (excludes halogenated alkanes) is 1. The van der Waals surface area contributed by atoms with Crippen molar-refractivity contribution in [1.29, 1.82) is 0 Å². The lowest BCUT2D eigenvalue weighted by Gasteiger charge is -2.33. The molecule has 1 atom stereocenters. The molecule has 0 aliphatic carbocycles. The number of benzene rings is 1. The van der Waals surface area contributed by atoms with E-state index >= 15 is 0 Å². The van der Waals surface area contributed by atoms with E-state index in [0.717, 1.165) is 43.8 Å². The summed E-state index contributed by atoms with van der Waals surface area (Å²) in [6, 6.07) is 7.21. The number of carbonyl (C=O) groups excluding carboxylic acids is 1. The normalized spacial score (nSPS) is 16.8. The van der Waals surface area contributed by atoms with Crippen LogP contribution in [0.4, 0.5) is 14.5 Å². The summed E-state index contributed by atoms with van der Waals surface area (Å²) in [6.45, 7) is 14.1. The Balaban J connectivity index is 1.66. The summed E-state index contributed by atoms with van der Waals surface area (Å²) in [4.78, 5) is 20.5. The molecular formula is C32H43F2N3OS. The van der Waals surface area contributed by atoms with Crippen LogP contribution in [-0.4, -0.2) is 41.3 Å². The van der Waals surface area contributed by atoms with Crippen molar-refractivity contribution < 1.29 is 13.6 Å². The Labute approximate surface area is 236 Å². The lowest BCUT2D eigenvalue weighted by molar-refractivity contribution is 0.0676. The number of amides is 1. The molecule has 1 N–H and O–H groups in total. The molecule has 7 heteroatoms. The van der Waals surface area contributed by atoms with Gasteiger partial charge in [-0.1, -0.05) is 70.0 Å². The molecule has 1 fully saturated rings. The summed E-state index contributed by atoms with van der Waals surface area (Å²) in [7, 11) is 0. The lowest BCUT2D eigenvalue weighted by atomic mass is 9.94. The van der Waals surface area contributed by atoms with E-state index in [1.54, 1.807) is 30.4 Å². The topological polar surface area (TPSA) is 45.2 Å². The molecule has 39 heavy (non-hydrogen) atoms. The number of hydrogen-bond donors (Lipinski definition) is 1. The summed E-state index contributed by atoms with van der Waals surface area (Å²) < 4.78 is 28.0. The van der Waals surface area contributed by atoms with Crippen LogP contribution in [0.1, 0.15) is 93.2 Å². The monoisotopic (exact) mass is 555 g/mol. The number of carbonyl (C=O) groups is 1. The van der Waals surface area contributed by atoms with Crippen LogP contribution in [0, 0.1) is 5.92 Å². The van der Waals surface area contributed by atoms with Crippen molar-refractivity contribution >= 4 is 28.5 Å². The van der Waals surface area contributed by atoms with Gasteiger partial charge < -0.3 is 10.2 Å². The molecule has 0 saturated carbocycles. The average molecular weight is 556 g/mol. The minimum Gasteiger partial charge on any atom is -0.320 e. The highest BCUT2D eigenvalue weighted by atomic mass is 32.1. The number of likely N-dealkylation sites (tertiary alicyclic amines) is 1. The van der Waals surface area contributed by atoms with Crippen molar-refractivity contribution in [2.24, 2.45) is 5.92 Å². The molecule has 1 aliphatic rings. The summed E-state index contributed by atoms with van der Waals surface area (Å²) >= 11 is 1.55. The summed E-state index contributed by atoms with van der Waals surface area (Å²) in [5.41, 5.74) is 1.99. The fraction of sp³-hybridized carbons (Fsp3) is 0.500. The second-order valence-electron chi connectivity index (χ2n) is 10.5. The van der Waals surface area contributed by atoms with Crippen molar-refractivity contribution in [2.75, 3.05) is 25.0 Å². The van der Waals surface area contributed by atoms with Gasteiger partial charge >= 0.3 is 0 Å². The Hall–Kier alpha value is -2.64. The lowest BCUT2D eigenvalue weighted by Crippen LogP contribution is -2.36. The molecule has 1 amide bonds. The molecule has 1 saturated heterocycles. The number of rotatable bonds is 13. The summed E-state index contributed by atoms with van der Waals surface area (Å²) in [6.07, 6.45) is 11.6. The maximum atomic E-state index is 14.0. The van der Waals surface area contributed by atoms with Crippen molar-refractivity contribution in [1.82, 2.24) is 9.88 Å². The van der Waals surface area contributed by atoms with Gasteiger partial charge in [-0.25, -0.2) is 13.8 Å². The Morgan fingerprint density at radius 2 is 2.00 bits per heavy atom. The fourth-order valence-corrected chi connectivity index (χ4v) is 6.07. The third-order valence-corrected chi connectivity index (χ3v) is 8.59. The van der Waals surface area contributed by atoms with E-state index in [-0.39, 0.29) is 11.5 Å². The van der Waals surface area contributed by atoms with E-state index in [0.29, 0.717) is 28.4 Å². The summed E-state index contributed by atoms with van der Waals surface area (Å²) in [5.74, 6) is -2.16. The van der Waals surface area contributed by atoms with Crippen molar-refractivity contribution in [2.45, 2.75) is 78.1 Å². The van der Waals surface area contributed by atoms with Crippen LogP contribution in [0.5, 0.6) is 0 Å². The molecule has 0 bridgehead atoms. The predicted molar refractivity (Wildman–Crippen MR) is 161 cm³/mol. The highest BCUT2D eigenvalue weighted by Crippen LogP contribution is 2.33. The molecule has 0 spiro atoms. The van der Waals surface area contributed by atoms with Gasteiger partial charge in [0.25, 0.3) is 11.8 Å². The van der Waals surface area contributed by atoms with Crippen LogP contribution < -0.4 is 5.32 Å². The van der Waals surface area contributed by atoms with E-state index in [1.165, 1.54) is 44.4 Å². The molecule has 1 aliphatic heterocycles. The number of nitrogens with one attached hydrogen (secondary N) is 1. The van der Waals surface area contributed by atoms with Gasteiger partial charge in [0.1, 0.15) is 5.69 Å². The molecular weight excluding hydrogens is 512 g/mol. The van der Waals surface area contributed by atoms with Gasteiger partial charge in [-0.05, 0) is 62.9 Å². The first-order valence-corrected chi connectivity index (χ1v) is 15.0. The van der Waals surface area contributed by atoms with Gasteiger partial charge in [0.2, 0.25) is 0 Å². The second-order valence-corrected chi connectivity index (χ2v) is 11.4. The van der Waals surface area contributed by atoms with Crippen molar-refractivity contribution in [3.63, 3.8) is 0 Å². The Kier molecular flexibility index (Phi) is 11.6. The predicted octanol–water partition coefficient (Wildman–Crippen LogP) is 8.96. The molecule has 2 aromatic rings. The number of hydrogen-bond acceptors (Lipinski definition) is 4. The molecule has 1 aromatic heterocycles. The van der Waals surface area contributed by atoms with Gasteiger partial charge in [-0.2, -0.15) is 0 Å². The molecule has 212 valence electrons. The number of nitrogens with zero attached hydrogens (tertiary/aromatic N) is 2. The van der Waals surface area contributed by atoms with E-state index < -0.39 is 5.92 Å². The van der Waals surface area contributed by atoms with Gasteiger partial charge in [-0.15, -0.1) is 11.3 Å². The molecule has 3 rings (SSSR count). The van der Waals surface area contributed by atoms with Crippen LogP contribution in [-0.2, 0) is 0 Å². The zero-order valence-electron chi connectivity index (χ0n) is 23.8. The van der Waals surface area contributed by atoms with E-state index in [1.807, 2.05) is 23.6 Å². The maximum absolute atomic E-state index is 14.0. The Morgan fingerprint density at radius 1 is 1.28 bits per heavy atom. The zero-order valence-corrected chi connectivity index (χ0v) is 24.6. The smallest absolute Gasteiger partial charge is 0.275 e. The quantitative estimate of drug-likeness (QED) is 0.251. The van der Waals surface area contributed by atoms with Crippen LogP contribution in [0.3, 0.4) is 0 Å². The minimum atomic E-state index is -3.02. The Bertz CT molecular complexity index is 1160. The number of alkyl halides is 2. The maximum Gasteiger partial charge on any atom is 0.275 e. The van der Waals surface area contributed by atoms with Gasteiger partial charge in [0.15, 0.2) is 0 Å². The standard InChI is InChI=1S/C32H43F2N3OS/c1-6-10-13-23(7-2)21-37-18-16-25(17-19-37)31-36-29(22-39-31)30(38)35-28-15-12-11-14-27(28)24(8-3)20-26(9-4)32(5,33)34/h8-9,11-12,14-15,20,22-23,25H,4,6-7,10,13,16-19,21H2,1-3,5H3,(H,35,38)/b24-8+,26-20+. The molecule has 1 aromatic carbocycles. The van der Waals surface area contributed by atoms with Gasteiger partial charge in [0, 0.05) is 41.6 Å². The third-order valence-electron chi connectivity index (χ3n) is 7.59. The van der Waals surface area contributed by atoms with Gasteiger partial charge in [0.05, 0.1) is 5.01 Å². The van der Waals surface area contributed by atoms with E-state index in [4.69, 9.17) is 4.98 Å². The number of halogens is 2. The fourth-order valence-electron chi connectivity index (χ4n) is 5.10. The molecule has 1 unspecified atom stereocenters. The van der Waals surface area contributed by atoms with Crippen molar-refractivity contribution in [3.05, 3.63) is 76.3 Å². The van der Waals surface area contributed by atoms with E-state index in [2.05, 4.69) is 30.6 Å². The van der Waals surface area contributed by atoms with Crippen LogP contribution >= 0.6 is 11.3 Å². The SMILES string of the molecule is C=C/C(=C\C(=C/C)c1ccccc1NC(=O)c1csc(C2CCN(CC(CC)CCCC)CC2)n1)C(C)(F)F. The average Bonchev–Trinajstić information content (AvgIpc) is 3.42. The van der Waals surface area contributed by atoms with Crippen LogP contribution in [0.2, 0.25) is 0 Å².